The molecule has 1 atom stereocenters. The first-order valence-electron chi connectivity index (χ1n) is 5.85. The largest absolute Gasteiger partial charge is 0.351 e. The summed E-state index contributed by atoms with van der Waals surface area (Å²) in [5.74, 6) is 0. The van der Waals surface area contributed by atoms with Crippen LogP contribution in [0.1, 0.15) is 52.4 Å². The third-order valence-electron chi connectivity index (χ3n) is 2.54. The van der Waals surface area contributed by atoms with Crippen molar-refractivity contribution in [2.45, 2.75) is 58.4 Å². The van der Waals surface area contributed by atoms with Crippen LogP contribution in [0.5, 0.6) is 0 Å². The van der Waals surface area contributed by atoms with Gasteiger partial charge < -0.3 is 0 Å². The van der Waals surface area contributed by atoms with E-state index in [9.17, 15) is 16.8 Å². The molecule has 2 N–H and O–H groups in total. The summed E-state index contributed by atoms with van der Waals surface area (Å²) in [5.41, 5.74) is 0. The monoisotopic (exact) mass is 303 g/mol. The summed E-state index contributed by atoms with van der Waals surface area (Å²) in [4.78, 5) is 0. The molecular formula is C9H21NO6S2. The van der Waals surface area contributed by atoms with Gasteiger partial charge in [-0.1, -0.05) is 39.0 Å². The van der Waals surface area contributed by atoms with Gasteiger partial charge in [-0.25, -0.2) is 0 Å². The van der Waals surface area contributed by atoms with Crippen molar-refractivity contribution in [3.05, 3.63) is 0 Å². The van der Waals surface area contributed by atoms with Gasteiger partial charge in [0.15, 0.2) is 0 Å². The highest BCUT2D eigenvalue weighted by molar-refractivity contribution is 7.98. The summed E-state index contributed by atoms with van der Waals surface area (Å²) < 4.78 is 60.9. The predicted octanol–water partition coefficient (Wildman–Crippen LogP) is 1.64. The van der Waals surface area contributed by atoms with Gasteiger partial charge in [-0.15, -0.1) is 0 Å². The van der Waals surface area contributed by atoms with E-state index >= 15 is 0 Å². The molecule has 0 spiro atoms. The SMILES string of the molecule is CCCCCCCC(C)N(S(=O)(=O)O)S(=O)(=O)O. The van der Waals surface area contributed by atoms with E-state index in [-0.39, 0.29) is 10.1 Å². The molecule has 18 heavy (non-hydrogen) atoms. The van der Waals surface area contributed by atoms with Gasteiger partial charge in [0.25, 0.3) is 0 Å². The van der Waals surface area contributed by atoms with Crippen LogP contribution in [0.3, 0.4) is 0 Å². The van der Waals surface area contributed by atoms with Crippen LogP contribution in [0.4, 0.5) is 0 Å². The van der Waals surface area contributed by atoms with E-state index < -0.39 is 26.7 Å². The molecule has 0 fully saturated rings. The van der Waals surface area contributed by atoms with Crippen molar-refractivity contribution in [3.63, 3.8) is 0 Å². The van der Waals surface area contributed by atoms with E-state index in [4.69, 9.17) is 9.11 Å². The lowest BCUT2D eigenvalue weighted by Gasteiger charge is -2.21. The van der Waals surface area contributed by atoms with Crippen LogP contribution in [0.15, 0.2) is 0 Å². The second kappa shape index (κ2) is 7.39. The quantitative estimate of drug-likeness (QED) is 0.494. The smallest absolute Gasteiger partial charge is 0.273 e. The lowest BCUT2D eigenvalue weighted by molar-refractivity contribution is 0.335. The zero-order valence-corrected chi connectivity index (χ0v) is 12.2. The third kappa shape index (κ3) is 6.64. The first kappa shape index (κ1) is 17.8. The fourth-order valence-corrected chi connectivity index (χ4v) is 3.80. The molecule has 0 aliphatic rings. The molecule has 0 aliphatic carbocycles. The summed E-state index contributed by atoms with van der Waals surface area (Å²) in [6.07, 6.45) is 4.85. The fraction of sp³-hybridized carbons (Fsp3) is 1.00. The summed E-state index contributed by atoms with van der Waals surface area (Å²) in [6.45, 7) is 3.38. The van der Waals surface area contributed by atoms with E-state index in [1.54, 1.807) is 0 Å². The Labute approximate surface area is 109 Å². The number of nitrogens with zero attached hydrogens (tertiary/aromatic N) is 1. The number of rotatable bonds is 9. The molecule has 0 amide bonds. The lowest BCUT2D eigenvalue weighted by atomic mass is 10.1. The molecule has 1 unspecified atom stereocenters. The minimum Gasteiger partial charge on any atom is -0.273 e. The van der Waals surface area contributed by atoms with Crippen molar-refractivity contribution >= 4 is 20.6 Å². The Morgan fingerprint density at radius 1 is 0.944 bits per heavy atom. The highest BCUT2D eigenvalue weighted by atomic mass is 32.3. The summed E-state index contributed by atoms with van der Waals surface area (Å²) in [7, 11) is -9.95. The van der Waals surface area contributed by atoms with Crippen molar-refractivity contribution in [2.24, 2.45) is 0 Å². The Bertz CT molecular complexity index is 398. The molecule has 0 heterocycles. The number of hydrogen-bond acceptors (Lipinski definition) is 4. The molecule has 0 aromatic heterocycles. The number of unbranched alkanes of at least 4 members (excludes halogenated alkanes) is 4. The minimum atomic E-state index is -4.97. The van der Waals surface area contributed by atoms with Gasteiger partial charge in [0.05, 0.1) is 0 Å². The lowest BCUT2D eigenvalue weighted by Crippen LogP contribution is -2.42. The predicted molar refractivity (Wildman–Crippen MR) is 67.8 cm³/mol. The highest BCUT2D eigenvalue weighted by Gasteiger charge is 2.35. The molecule has 0 bridgehead atoms. The van der Waals surface area contributed by atoms with Crippen molar-refractivity contribution in [1.29, 1.82) is 0 Å². The molecule has 0 aromatic rings. The van der Waals surface area contributed by atoms with Gasteiger partial charge in [0.2, 0.25) is 0 Å². The first-order valence-corrected chi connectivity index (χ1v) is 8.64. The van der Waals surface area contributed by atoms with E-state index in [0.29, 0.717) is 6.42 Å². The van der Waals surface area contributed by atoms with Gasteiger partial charge in [-0.3, -0.25) is 9.11 Å². The second-order valence-electron chi connectivity index (χ2n) is 4.23. The minimum absolute atomic E-state index is 0.253. The molecule has 0 saturated carbocycles. The van der Waals surface area contributed by atoms with Gasteiger partial charge in [0.1, 0.15) is 0 Å². The van der Waals surface area contributed by atoms with E-state index in [2.05, 4.69) is 6.92 Å². The van der Waals surface area contributed by atoms with E-state index in [0.717, 1.165) is 25.7 Å². The summed E-state index contributed by atoms with van der Waals surface area (Å²) in [6, 6.07) is -1.00. The van der Waals surface area contributed by atoms with Crippen LogP contribution < -0.4 is 0 Å². The zero-order chi connectivity index (χ0) is 14.4. The third-order valence-corrected chi connectivity index (χ3v) is 5.30. The maximum absolute atomic E-state index is 10.9. The van der Waals surface area contributed by atoms with Gasteiger partial charge in [-0.05, 0) is 17.1 Å². The van der Waals surface area contributed by atoms with Crippen molar-refractivity contribution in [1.82, 2.24) is 3.71 Å². The Morgan fingerprint density at radius 2 is 1.39 bits per heavy atom. The van der Waals surface area contributed by atoms with Crippen molar-refractivity contribution in [2.75, 3.05) is 0 Å². The molecule has 9 heteroatoms. The topological polar surface area (TPSA) is 112 Å². The van der Waals surface area contributed by atoms with E-state index in [1.165, 1.54) is 6.92 Å². The van der Waals surface area contributed by atoms with Crippen LogP contribution >= 0.6 is 0 Å². The highest BCUT2D eigenvalue weighted by Crippen LogP contribution is 2.17. The Balaban J connectivity index is 4.48. The summed E-state index contributed by atoms with van der Waals surface area (Å²) >= 11 is 0. The average molecular weight is 303 g/mol. The second-order valence-corrected chi connectivity index (χ2v) is 7.04. The van der Waals surface area contributed by atoms with Crippen LogP contribution in [0, 0.1) is 0 Å². The number of hydrogen-bond donors (Lipinski definition) is 2. The molecule has 0 aromatic carbocycles. The first-order chi connectivity index (χ1) is 8.10. The standard InChI is InChI=1S/C9H21NO6S2/c1-3-4-5-6-7-8-9(2)10(17(11,12)13)18(14,15)16/h9H,3-8H2,1-2H3,(H,11,12,13)(H,14,15,16). The molecule has 0 radical (unpaired) electrons. The van der Waals surface area contributed by atoms with Crippen LogP contribution in [-0.2, 0) is 20.6 Å². The van der Waals surface area contributed by atoms with Crippen molar-refractivity contribution in [3.8, 4) is 0 Å². The maximum Gasteiger partial charge on any atom is 0.351 e. The van der Waals surface area contributed by atoms with Crippen LogP contribution in [0.2, 0.25) is 0 Å². The molecule has 0 saturated heterocycles. The fourth-order valence-electron chi connectivity index (χ4n) is 1.72. The zero-order valence-electron chi connectivity index (χ0n) is 10.6. The Hall–Kier alpha value is -0.220. The molecule has 110 valence electrons. The van der Waals surface area contributed by atoms with Crippen LogP contribution in [0.25, 0.3) is 0 Å². The average Bonchev–Trinajstić information content (AvgIpc) is 2.12. The molecule has 7 nitrogen and oxygen atoms in total. The van der Waals surface area contributed by atoms with E-state index in [1.807, 2.05) is 0 Å². The molecule has 0 rings (SSSR count). The Morgan fingerprint density at radius 3 is 1.78 bits per heavy atom. The van der Waals surface area contributed by atoms with Gasteiger partial charge >= 0.3 is 20.6 Å². The normalized spacial score (nSPS) is 14.9. The van der Waals surface area contributed by atoms with Gasteiger partial charge in [-0.2, -0.15) is 16.8 Å². The van der Waals surface area contributed by atoms with Crippen molar-refractivity contribution < 1.29 is 25.9 Å². The molecule has 0 aliphatic heterocycles. The van der Waals surface area contributed by atoms with Gasteiger partial charge in [0, 0.05) is 6.04 Å². The maximum atomic E-state index is 10.9. The summed E-state index contributed by atoms with van der Waals surface area (Å²) in [5, 5.41) is 0. The Kier molecular flexibility index (Phi) is 7.30. The van der Waals surface area contributed by atoms with Crippen LogP contribution in [-0.4, -0.2) is 35.7 Å². The molecular weight excluding hydrogens is 282 g/mol.